The first-order valence-electron chi connectivity index (χ1n) is 7.83. The normalized spacial score (nSPS) is 11.9. The maximum atomic E-state index is 9.38. The van der Waals surface area contributed by atoms with Gasteiger partial charge in [0.2, 0.25) is 0 Å². The molecule has 0 fully saturated rings. The molecule has 1 aromatic carbocycles. The summed E-state index contributed by atoms with van der Waals surface area (Å²) in [6.07, 6.45) is 2.82. The lowest BCUT2D eigenvalue weighted by Gasteiger charge is -2.19. The van der Waals surface area contributed by atoms with Crippen molar-refractivity contribution >= 4 is 11.8 Å². The fourth-order valence-electron chi connectivity index (χ4n) is 2.35. The van der Waals surface area contributed by atoms with Crippen LogP contribution in [0.5, 0.6) is 0 Å². The van der Waals surface area contributed by atoms with E-state index in [0.29, 0.717) is 0 Å². The number of imidazole rings is 1. The Bertz CT molecular complexity index is 597. The van der Waals surface area contributed by atoms with E-state index in [1.165, 1.54) is 11.1 Å². The summed E-state index contributed by atoms with van der Waals surface area (Å²) in [6, 6.07) is 8.84. The van der Waals surface area contributed by atoms with Gasteiger partial charge >= 0.3 is 0 Å². The lowest BCUT2D eigenvalue weighted by atomic mass is 9.87. The van der Waals surface area contributed by atoms with Crippen LogP contribution >= 0.6 is 11.8 Å². The molecule has 0 aliphatic carbocycles. The number of rotatable bonds is 6. The number of nitrogens with zero attached hydrogens (tertiary/aromatic N) is 2. The molecular weight excluding hydrogens is 292 g/mol. The molecule has 1 heterocycles. The number of aliphatic hydroxyl groups excluding tert-OH is 1. The third-order valence-electron chi connectivity index (χ3n) is 3.70. The maximum Gasteiger partial charge on any atom is 0.168 e. The van der Waals surface area contributed by atoms with Crippen LogP contribution < -0.4 is 0 Å². The van der Waals surface area contributed by atoms with Crippen molar-refractivity contribution in [2.24, 2.45) is 0 Å². The third-order valence-corrected chi connectivity index (χ3v) is 4.76. The van der Waals surface area contributed by atoms with Gasteiger partial charge in [0.15, 0.2) is 5.16 Å². The molecule has 1 N–H and O–H groups in total. The average molecular weight is 318 g/mol. The predicted molar refractivity (Wildman–Crippen MR) is 93.1 cm³/mol. The zero-order chi connectivity index (χ0) is 16.2. The SMILES string of the molecule is CCCn1c(CO)cnc1SCc1ccc(C(C)(C)C)cc1. The van der Waals surface area contributed by atoms with Gasteiger partial charge in [0.05, 0.1) is 18.5 Å². The van der Waals surface area contributed by atoms with Crippen molar-refractivity contribution in [2.75, 3.05) is 0 Å². The van der Waals surface area contributed by atoms with Crippen molar-refractivity contribution in [3.63, 3.8) is 0 Å². The van der Waals surface area contributed by atoms with Crippen LogP contribution in [0, 0.1) is 0 Å². The Labute approximate surface area is 137 Å². The lowest BCUT2D eigenvalue weighted by molar-refractivity contribution is 0.269. The second kappa shape index (κ2) is 7.34. The van der Waals surface area contributed by atoms with Gasteiger partial charge < -0.3 is 9.67 Å². The van der Waals surface area contributed by atoms with Gasteiger partial charge in [-0.15, -0.1) is 0 Å². The molecule has 3 nitrogen and oxygen atoms in total. The Balaban J connectivity index is 2.05. The van der Waals surface area contributed by atoms with E-state index in [2.05, 4.69) is 61.5 Å². The molecule has 0 saturated carbocycles. The zero-order valence-corrected chi connectivity index (χ0v) is 14.8. The molecule has 0 bridgehead atoms. The zero-order valence-electron chi connectivity index (χ0n) is 14.0. The van der Waals surface area contributed by atoms with Gasteiger partial charge in [0, 0.05) is 12.3 Å². The summed E-state index contributed by atoms with van der Waals surface area (Å²) in [5.74, 6) is 0.899. The van der Waals surface area contributed by atoms with Crippen LogP contribution in [0.1, 0.15) is 50.9 Å². The minimum Gasteiger partial charge on any atom is -0.390 e. The Morgan fingerprint density at radius 3 is 2.41 bits per heavy atom. The number of thioether (sulfide) groups is 1. The molecule has 2 rings (SSSR count). The highest BCUT2D eigenvalue weighted by Crippen LogP contribution is 2.26. The molecule has 120 valence electrons. The van der Waals surface area contributed by atoms with Crippen molar-refractivity contribution in [3.8, 4) is 0 Å². The van der Waals surface area contributed by atoms with Crippen molar-refractivity contribution in [2.45, 2.75) is 63.6 Å². The van der Waals surface area contributed by atoms with Crippen LogP contribution in [-0.2, 0) is 24.3 Å². The van der Waals surface area contributed by atoms with Gasteiger partial charge in [0.1, 0.15) is 0 Å². The first kappa shape index (κ1) is 17.1. The van der Waals surface area contributed by atoms with E-state index in [4.69, 9.17) is 0 Å². The van der Waals surface area contributed by atoms with Crippen LogP contribution in [0.3, 0.4) is 0 Å². The molecule has 2 aromatic rings. The van der Waals surface area contributed by atoms with E-state index in [-0.39, 0.29) is 12.0 Å². The largest absolute Gasteiger partial charge is 0.390 e. The Hall–Kier alpha value is -1.26. The average Bonchev–Trinajstić information content (AvgIpc) is 2.87. The lowest BCUT2D eigenvalue weighted by Crippen LogP contribution is -2.10. The van der Waals surface area contributed by atoms with Gasteiger partial charge in [-0.2, -0.15) is 0 Å². The van der Waals surface area contributed by atoms with Gasteiger partial charge in [-0.3, -0.25) is 0 Å². The highest BCUT2D eigenvalue weighted by Gasteiger charge is 2.13. The van der Waals surface area contributed by atoms with Crippen molar-refractivity contribution < 1.29 is 5.11 Å². The Kier molecular flexibility index (Phi) is 5.70. The molecule has 0 aliphatic heterocycles. The monoisotopic (exact) mass is 318 g/mol. The molecule has 22 heavy (non-hydrogen) atoms. The molecule has 0 unspecified atom stereocenters. The molecular formula is C18H26N2OS. The third kappa shape index (κ3) is 4.14. The number of hydrogen-bond acceptors (Lipinski definition) is 3. The summed E-state index contributed by atoms with van der Waals surface area (Å²) in [7, 11) is 0. The van der Waals surface area contributed by atoms with E-state index in [1.807, 2.05) is 0 Å². The summed E-state index contributed by atoms with van der Waals surface area (Å²) in [5.41, 5.74) is 3.75. The molecule has 0 atom stereocenters. The first-order valence-corrected chi connectivity index (χ1v) is 8.81. The van der Waals surface area contributed by atoms with Crippen molar-refractivity contribution in [1.82, 2.24) is 9.55 Å². The summed E-state index contributed by atoms with van der Waals surface area (Å²) >= 11 is 1.73. The van der Waals surface area contributed by atoms with E-state index in [1.54, 1.807) is 18.0 Å². The molecule has 0 saturated heterocycles. The van der Waals surface area contributed by atoms with E-state index >= 15 is 0 Å². The molecule has 0 spiro atoms. The molecule has 0 amide bonds. The predicted octanol–water partition coefficient (Wildman–Crippen LogP) is 4.38. The number of aromatic nitrogens is 2. The molecule has 0 radical (unpaired) electrons. The summed E-state index contributed by atoms with van der Waals surface area (Å²) in [4.78, 5) is 4.44. The summed E-state index contributed by atoms with van der Waals surface area (Å²) in [5, 5.41) is 10.4. The van der Waals surface area contributed by atoms with Gasteiger partial charge in [0.25, 0.3) is 0 Å². The first-order chi connectivity index (χ1) is 10.5. The Morgan fingerprint density at radius 1 is 1.18 bits per heavy atom. The number of benzene rings is 1. The smallest absolute Gasteiger partial charge is 0.168 e. The van der Waals surface area contributed by atoms with Gasteiger partial charge in [-0.25, -0.2) is 4.98 Å². The second-order valence-corrected chi connectivity index (χ2v) is 7.52. The fraction of sp³-hybridized carbons (Fsp3) is 0.500. The topological polar surface area (TPSA) is 38.0 Å². The highest BCUT2D eigenvalue weighted by atomic mass is 32.2. The van der Waals surface area contributed by atoms with Crippen LogP contribution in [0.2, 0.25) is 0 Å². The molecule has 4 heteroatoms. The van der Waals surface area contributed by atoms with Gasteiger partial charge in [-0.05, 0) is 23.0 Å². The van der Waals surface area contributed by atoms with Crippen LogP contribution in [0.15, 0.2) is 35.6 Å². The summed E-state index contributed by atoms with van der Waals surface area (Å²) in [6.45, 7) is 9.79. The van der Waals surface area contributed by atoms with Gasteiger partial charge in [-0.1, -0.05) is 63.7 Å². The molecule has 1 aromatic heterocycles. The summed E-state index contributed by atoms with van der Waals surface area (Å²) < 4.78 is 2.12. The highest BCUT2D eigenvalue weighted by molar-refractivity contribution is 7.98. The van der Waals surface area contributed by atoms with Crippen LogP contribution in [0.4, 0.5) is 0 Å². The van der Waals surface area contributed by atoms with E-state index < -0.39 is 0 Å². The minimum absolute atomic E-state index is 0.0494. The standard InChI is InChI=1S/C18H26N2OS/c1-5-10-20-16(12-21)11-19-17(20)22-13-14-6-8-15(9-7-14)18(2,3)4/h6-9,11,21H,5,10,12-13H2,1-4H3. The Morgan fingerprint density at radius 2 is 1.86 bits per heavy atom. The maximum absolute atomic E-state index is 9.38. The van der Waals surface area contributed by atoms with Crippen LogP contribution in [0.25, 0.3) is 0 Å². The van der Waals surface area contributed by atoms with Crippen molar-refractivity contribution in [3.05, 3.63) is 47.3 Å². The van der Waals surface area contributed by atoms with E-state index in [9.17, 15) is 5.11 Å². The van der Waals surface area contributed by atoms with Crippen molar-refractivity contribution in [1.29, 1.82) is 0 Å². The number of aliphatic hydroxyl groups is 1. The molecule has 0 aliphatic rings. The quantitative estimate of drug-likeness (QED) is 0.803. The van der Waals surface area contributed by atoms with E-state index in [0.717, 1.165) is 29.6 Å². The second-order valence-electron chi connectivity index (χ2n) is 6.58. The fourth-order valence-corrected chi connectivity index (χ4v) is 3.32. The minimum atomic E-state index is 0.0494. The van der Waals surface area contributed by atoms with Crippen LogP contribution in [-0.4, -0.2) is 14.7 Å². The number of hydrogen-bond donors (Lipinski definition) is 1.